The Labute approximate surface area is 165 Å². The number of piperidine rings is 1. The molecule has 0 aliphatic carbocycles. The van der Waals surface area contributed by atoms with E-state index in [9.17, 15) is 4.79 Å². The molecule has 1 amide bonds. The van der Waals surface area contributed by atoms with Crippen LogP contribution in [-0.4, -0.2) is 53.2 Å². The number of carbonyl (C=O) groups is 1. The highest BCUT2D eigenvalue weighted by Gasteiger charge is 2.24. The van der Waals surface area contributed by atoms with E-state index < -0.39 is 0 Å². The Hall–Kier alpha value is -2.83. The first-order valence-corrected chi connectivity index (χ1v) is 10.1. The molecule has 3 heterocycles. The first-order chi connectivity index (χ1) is 13.7. The Morgan fingerprint density at radius 2 is 2.04 bits per heavy atom. The summed E-state index contributed by atoms with van der Waals surface area (Å²) in [5.41, 5.74) is 2.55. The van der Waals surface area contributed by atoms with Crippen LogP contribution in [0, 0.1) is 0 Å². The molecule has 0 bridgehead atoms. The van der Waals surface area contributed by atoms with E-state index in [1.54, 1.807) is 4.90 Å². The van der Waals surface area contributed by atoms with Crippen molar-refractivity contribution in [1.29, 1.82) is 0 Å². The molecule has 28 heavy (non-hydrogen) atoms. The number of rotatable bonds is 4. The number of hydrogen-bond donors (Lipinski definition) is 1. The summed E-state index contributed by atoms with van der Waals surface area (Å²) in [7, 11) is 0. The number of amides is 1. The number of carbonyl (C=O) groups excluding carboxylic acids is 1. The van der Waals surface area contributed by atoms with Crippen LogP contribution in [0.5, 0.6) is 0 Å². The summed E-state index contributed by atoms with van der Waals surface area (Å²) in [6.45, 7) is 4.58. The van der Waals surface area contributed by atoms with E-state index in [1.807, 2.05) is 19.2 Å². The molecule has 1 fully saturated rings. The van der Waals surface area contributed by atoms with Crippen LogP contribution < -0.4 is 10.2 Å². The van der Waals surface area contributed by atoms with E-state index in [2.05, 4.69) is 39.5 Å². The third-order valence-electron chi connectivity index (χ3n) is 5.37. The number of benzene rings is 1. The number of para-hydroxylation sites is 1. The molecule has 0 unspecified atom stereocenters. The smallest absolute Gasteiger partial charge is 0.409 e. The molecule has 0 atom stereocenters. The van der Waals surface area contributed by atoms with Crippen molar-refractivity contribution in [2.75, 3.05) is 36.5 Å². The maximum Gasteiger partial charge on any atom is 0.409 e. The second kappa shape index (κ2) is 8.46. The molecule has 4 rings (SSSR count). The van der Waals surface area contributed by atoms with Crippen molar-refractivity contribution < 1.29 is 9.53 Å². The standard InChI is InChI=1S/C21H27N5O2/c1-2-28-21(27)25-14-10-17(11-15-25)23-19-9-12-22-20(24-19)26-13-5-7-16-6-3-4-8-18(16)26/h3-4,6,8-9,12,17H,2,5,7,10-11,13-15H2,1H3,(H,22,23,24). The topological polar surface area (TPSA) is 70.6 Å². The Balaban J connectivity index is 1.41. The number of likely N-dealkylation sites (tertiary alicyclic amines) is 1. The van der Waals surface area contributed by atoms with Crippen LogP contribution >= 0.6 is 0 Å². The summed E-state index contributed by atoms with van der Waals surface area (Å²) in [5.74, 6) is 1.57. The number of anilines is 3. The Morgan fingerprint density at radius 3 is 2.86 bits per heavy atom. The van der Waals surface area contributed by atoms with Gasteiger partial charge in [-0.2, -0.15) is 4.98 Å². The minimum absolute atomic E-state index is 0.214. The number of fused-ring (bicyclic) bond motifs is 1. The molecule has 2 aliphatic rings. The Morgan fingerprint density at radius 1 is 1.21 bits per heavy atom. The molecule has 148 valence electrons. The van der Waals surface area contributed by atoms with Gasteiger partial charge in [0.1, 0.15) is 5.82 Å². The summed E-state index contributed by atoms with van der Waals surface area (Å²) in [5, 5.41) is 3.52. The number of ether oxygens (including phenoxy) is 1. The van der Waals surface area contributed by atoms with Gasteiger partial charge in [0.15, 0.2) is 0 Å². The van der Waals surface area contributed by atoms with Crippen molar-refractivity contribution in [3.63, 3.8) is 0 Å². The lowest BCUT2D eigenvalue weighted by Gasteiger charge is -2.32. The van der Waals surface area contributed by atoms with Crippen LogP contribution in [-0.2, 0) is 11.2 Å². The quantitative estimate of drug-likeness (QED) is 0.873. The second-order valence-corrected chi connectivity index (χ2v) is 7.23. The lowest BCUT2D eigenvalue weighted by molar-refractivity contribution is 0.0983. The molecule has 0 radical (unpaired) electrons. The summed E-state index contributed by atoms with van der Waals surface area (Å²) in [6, 6.07) is 10.7. The minimum Gasteiger partial charge on any atom is -0.450 e. The average Bonchev–Trinajstić information content (AvgIpc) is 2.74. The number of nitrogens with zero attached hydrogens (tertiary/aromatic N) is 4. The molecule has 1 N–H and O–H groups in total. The van der Waals surface area contributed by atoms with Crippen LogP contribution in [0.15, 0.2) is 36.5 Å². The molecule has 0 saturated carbocycles. The Kier molecular flexibility index (Phi) is 5.60. The van der Waals surface area contributed by atoms with Crippen molar-refractivity contribution in [3.05, 3.63) is 42.1 Å². The molecule has 7 heteroatoms. The number of aromatic nitrogens is 2. The SMILES string of the molecule is CCOC(=O)N1CCC(Nc2ccnc(N3CCCc4ccccc43)n2)CC1. The van der Waals surface area contributed by atoms with E-state index in [-0.39, 0.29) is 6.09 Å². The van der Waals surface area contributed by atoms with E-state index >= 15 is 0 Å². The number of aryl methyl sites for hydroxylation is 1. The van der Waals surface area contributed by atoms with Gasteiger partial charge < -0.3 is 19.9 Å². The largest absolute Gasteiger partial charge is 0.450 e. The van der Waals surface area contributed by atoms with E-state index in [1.165, 1.54) is 11.3 Å². The summed E-state index contributed by atoms with van der Waals surface area (Å²) in [4.78, 5) is 25.1. The molecule has 1 saturated heterocycles. The highest BCUT2D eigenvalue weighted by Crippen LogP contribution is 2.31. The van der Waals surface area contributed by atoms with E-state index in [0.717, 1.165) is 44.0 Å². The van der Waals surface area contributed by atoms with Gasteiger partial charge in [0.05, 0.1) is 6.61 Å². The maximum absolute atomic E-state index is 11.8. The lowest BCUT2D eigenvalue weighted by atomic mass is 10.0. The zero-order valence-corrected chi connectivity index (χ0v) is 16.3. The van der Waals surface area contributed by atoms with E-state index in [0.29, 0.717) is 25.7 Å². The summed E-state index contributed by atoms with van der Waals surface area (Å²) >= 11 is 0. The monoisotopic (exact) mass is 381 g/mol. The van der Waals surface area contributed by atoms with Crippen molar-refractivity contribution in [2.45, 2.75) is 38.6 Å². The normalized spacial score (nSPS) is 17.2. The van der Waals surface area contributed by atoms with Gasteiger partial charge in [0.25, 0.3) is 0 Å². The predicted octanol–water partition coefficient (Wildman–Crippen LogP) is 3.59. The third-order valence-corrected chi connectivity index (χ3v) is 5.37. The van der Waals surface area contributed by atoms with Crippen LogP contribution in [0.2, 0.25) is 0 Å². The molecular weight excluding hydrogens is 354 g/mol. The van der Waals surface area contributed by atoms with Gasteiger partial charge in [-0.05, 0) is 50.3 Å². The van der Waals surface area contributed by atoms with Gasteiger partial charge in [-0.15, -0.1) is 0 Å². The summed E-state index contributed by atoms with van der Waals surface area (Å²) in [6.07, 6.45) is 5.56. The van der Waals surface area contributed by atoms with Crippen molar-refractivity contribution in [3.8, 4) is 0 Å². The van der Waals surface area contributed by atoms with Crippen LogP contribution in [0.3, 0.4) is 0 Å². The fourth-order valence-electron chi connectivity index (χ4n) is 3.93. The highest BCUT2D eigenvalue weighted by molar-refractivity contribution is 5.67. The van der Waals surface area contributed by atoms with Gasteiger partial charge >= 0.3 is 6.09 Å². The minimum atomic E-state index is -0.214. The zero-order chi connectivity index (χ0) is 19.3. The fourth-order valence-corrected chi connectivity index (χ4v) is 3.93. The maximum atomic E-state index is 11.8. The molecule has 2 aliphatic heterocycles. The van der Waals surface area contributed by atoms with Crippen molar-refractivity contribution in [2.24, 2.45) is 0 Å². The molecule has 1 aromatic heterocycles. The van der Waals surface area contributed by atoms with Gasteiger partial charge in [0, 0.05) is 37.6 Å². The van der Waals surface area contributed by atoms with Crippen LogP contribution in [0.1, 0.15) is 31.7 Å². The van der Waals surface area contributed by atoms with Crippen LogP contribution in [0.25, 0.3) is 0 Å². The number of nitrogens with one attached hydrogen (secondary N) is 1. The van der Waals surface area contributed by atoms with Crippen molar-refractivity contribution >= 4 is 23.5 Å². The first-order valence-electron chi connectivity index (χ1n) is 10.1. The first kappa shape index (κ1) is 18.5. The van der Waals surface area contributed by atoms with Crippen molar-refractivity contribution in [1.82, 2.24) is 14.9 Å². The van der Waals surface area contributed by atoms with Gasteiger partial charge in [-0.3, -0.25) is 0 Å². The molecule has 7 nitrogen and oxygen atoms in total. The van der Waals surface area contributed by atoms with Gasteiger partial charge in [-0.1, -0.05) is 18.2 Å². The second-order valence-electron chi connectivity index (χ2n) is 7.23. The lowest BCUT2D eigenvalue weighted by Crippen LogP contribution is -2.42. The average molecular weight is 381 g/mol. The van der Waals surface area contributed by atoms with Gasteiger partial charge in [-0.25, -0.2) is 9.78 Å². The number of hydrogen-bond acceptors (Lipinski definition) is 6. The molecule has 2 aromatic rings. The third kappa shape index (κ3) is 4.03. The highest BCUT2D eigenvalue weighted by atomic mass is 16.6. The molecular formula is C21H27N5O2. The van der Waals surface area contributed by atoms with E-state index in [4.69, 9.17) is 9.72 Å². The van der Waals surface area contributed by atoms with Gasteiger partial charge in [0.2, 0.25) is 5.95 Å². The molecule has 0 spiro atoms. The Bertz CT molecular complexity index is 820. The van der Waals surface area contributed by atoms with Crippen LogP contribution in [0.4, 0.5) is 22.2 Å². The fraction of sp³-hybridized carbons (Fsp3) is 0.476. The predicted molar refractivity (Wildman–Crippen MR) is 109 cm³/mol. The zero-order valence-electron chi connectivity index (χ0n) is 16.3. The summed E-state index contributed by atoms with van der Waals surface area (Å²) < 4.78 is 5.09. The molecule has 1 aromatic carbocycles.